The van der Waals surface area contributed by atoms with E-state index in [2.05, 4.69) is 16.4 Å². The van der Waals surface area contributed by atoms with Gasteiger partial charge in [0.25, 0.3) is 0 Å². The highest BCUT2D eigenvalue weighted by Gasteiger charge is 2.13. The van der Waals surface area contributed by atoms with Crippen molar-refractivity contribution in [2.45, 2.75) is 52.0 Å². The number of aryl methyl sites for hydroxylation is 1. The molecule has 0 saturated carbocycles. The fourth-order valence-electron chi connectivity index (χ4n) is 2.07. The van der Waals surface area contributed by atoms with E-state index in [0.717, 1.165) is 24.8 Å². The second-order valence-corrected chi connectivity index (χ2v) is 7.20. The number of para-hydroxylation sites is 1. The number of nitrogens with zero attached hydrogens (tertiary/aromatic N) is 1. The van der Waals surface area contributed by atoms with Gasteiger partial charge in [0.15, 0.2) is 0 Å². The van der Waals surface area contributed by atoms with Gasteiger partial charge in [-0.2, -0.15) is 0 Å². The van der Waals surface area contributed by atoms with E-state index in [1.165, 1.54) is 9.71 Å². The molecule has 1 aromatic heterocycles. The van der Waals surface area contributed by atoms with Crippen LogP contribution < -0.4 is 5.32 Å². The molecule has 0 unspecified atom stereocenters. The number of fused-ring (bicyclic) bond motifs is 1. The molecule has 0 fully saturated rings. The molecule has 0 bridgehead atoms. The fourth-order valence-corrected chi connectivity index (χ4v) is 3.08. The Morgan fingerprint density at radius 2 is 2.00 bits per heavy atom. The van der Waals surface area contributed by atoms with Gasteiger partial charge in [-0.25, -0.2) is 4.98 Å². The minimum Gasteiger partial charge on any atom is -0.352 e. The number of hydrogen-bond acceptors (Lipinski definition) is 3. The van der Waals surface area contributed by atoms with Crippen LogP contribution in [-0.4, -0.2) is 16.4 Å². The van der Waals surface area contributed by atoms with Crippen molar-refractivity contribution < 1.29 is 4.79 Å². The third-order valence-corrected chi connectivity index (χ3v) is 3.99. The Morgan fingerprint density at radius 1 is 1.25 bits per heavy atom. The molecule has 0 spiro atoms. The Bertz CT molecular complexity index is 550. The van der Waals surface area contributed by atoms with E-state index in [9.17, 15) is 4.79 Å². The maximum Gasteiger partial charge on any atom is 0.220 e. The molecule has 1 heterocycles. The Kier molecular flexibility index (Phi) is 4.76. The molecule has 0 saturated heterocycles. The van der Waals surface area contributed by atoms with E-state index in [1.54, 1.807) is 11.3 Å². The van der Waals surface area contributed by atoms with Gasteiger partial charge in [-0.1, -0.05) is 12.1 Å². The molecule has 2 aromatic rings. The van der Waals surface area contributed by atoms with Crippen LogP contribution in [0.3, 0.4) is 0 Å². The van der Waals surface area contributed by atoms with Crippen molar-refractivity contribution in [2.75, 3.05) is 0 Å². The topological polar surface area (TPSA) is 42.0 Å². The lowest BCUT2D eigenvalue weighted by atomic mass is 10.1. The highest BCUT2D eigenvalue weighted by Crippen LogP contribution is 2.22. The van der Waals surface area contributed by atoms with Crippen molar-refractivity contribution in [3.63, 3.8) is 0 Å². The number of thiazole rings is 1. The van der Waals surface area contributed by atoms with E-state index in [0.29, 0.717) is 6.42 Å². The fraction of sp³-hybridized carbons (Fsp3) is 0.500. The highest BCUT2D eigenvalue weighted by molar-refractivity contribution is 7.18. The zero-order chi connectivity index (χ0) is 14.6. The highest BCUT2D eigenvalue weighted by atomic mass is 32.1. The zero-order valence-electron chi connectivity index (χ0n) is 12.4. The van der Waals surface area contributed by atoms with Crippen LogP contribution in [0.4, 0.5) is 0 Å². The summed E-state index contributed by atoms with van der Waals surface area (Å²) >= 11 is 1.75. The maximum absolute atomic E-state index is 11.7. The van der Waals surface area contributed by atoms with Gasteiger partial charge in [-0.3, -0.25) is 4.79 Å². The Hall–Kier alpha value is -1.42. The molecule has 3 nitrogen and oxygen atoms in total. The summed E-state index contributed by atoms with van der Waals surface area (Å²) in [6, 6.07) is 8.21. The van der Waals surface area contributed by atoms with Crippen molar-refractivity contribution in [3.8, 4) is 0 Å². The summed E-state index contributed by atoms with van der Waals surface area (Å²) in [7, 11) is 0. The summed E-state index contributed by atoms with van der Waals surface area (Å²) in [4.78, 5) is 16.3. The number of amides is 1. The van der Waals surface area contributed by atoms with Gasteiger partial charge >= 0.3 is 0 Å². The van der Waals surface area contributed by atoms with Crippen molar-refractivity contribution in [3.05, 3.63) is 29.3 Å². The number of carbonyl (C=O) groups excluding carboxylic acids is 1. The summed E-state index contributed by atoms with van der Waals surface area (Å²) in [5.74, 6) is 0.141. The van der Waals surface area contributed by atoms with E-state index in [1.807, 2.05) is 39.0 Å². The Labute approximate surface area is 124 Å². The first kappa shape index (κ1) is 15.0. The lowest BCUT2D eigenvalue weighted by molar-refractivity contribution is -0.122. The molecule has 108 valence electrons. The van der Waals surface area contributed by atoms with Gasteiger partial charge in [-0.05, 0) is 52.2 Å². The number of rotatable bonds is 5. The standard InChI is InChI=1S/C16H22N2OS/c1-16(2,3)18-14(19)10-6-7-11-15-17-12-8-4-5-9-13(12)20-15/h4-5,8-9H,6-7,10-11H2,1-3H3,(H,18,19). The van der Waals surface area contributed by atoms with Crippen LogP contribution in [-0.2, 0) is 11.2 Å². The number of nitrogens with one attached hydrogen (secondary N) is 1. The number of benzene rings is 1. The molecular weight excluding hydrogens is 268 g/mol. The average Bonchev–Trinajstić information content (AvgIpc) is 2.75. The molecule has 4 heteroatoms. The number of aromatic nitrogens is 1. The van der Waals surface area contributed by atoms with Crippen molar-refractivity contribution in [2.24, 2.45) is 0 Å². The maximum atomic E-state index is 11.7. The first-order chi connectivity index (χ1) is 9.44. The first-order valence-corrected chi connectivity index (χ1v) is 7.91. The van der Waals surface area contributed by atoms with Crippen LogP contribution in [0.2, 0.25) is 0 Å². The van der Waals surface area contributed by atoms with Gasteiger partial charge in [0.05, 0.1) is 15.2 Å². The van der Waals surface area contributed by atoms with Crippen molar-refractivity contribution in [1.29, 1.82) is 0 Å². The molecule has 2 rings (SSSR count). The lowest BCUT2D eigenvalue weighted by Gasteiger charge is -2.20. The summed E-state index contributed by atoms with van der Waals surface area (Å²) < 4.78 is 1.24. The molecule has 0 atom stereocenters. The Balaban J connectivity index is 1.74. The summed E-state index contributed by atoms with van der Waals surface area (Å²) in [6.45, 7) is 6.02. The predicted molar refractivity (Wildman–Crippen MR) is 85.1 cm³/mol. The molecule has 0 aliphatic rings. The van der Waals surface area contributed by atoms with Crippen LogP contribution >= 0.6 is 11.3 Å². The van der Waals surface area contributed by atoms with Crippen LogP contribution in [0, 0.1) is 0 Å². The van der Waals surface area contributed by atoms with Gasteiger partial charge in [-0.15, -0.1) is 11.3 Å². The largest absolute Gasteiger partial charge is 0.352 e. The average molecular weight is 290 g/mol. The van der Waals surface area contributed by atoms with E-state index in [-0.39, 0.29) is 11.4 Å². The van der Waals surface area contributed by atoms with Crippen LogP contribution in [0.5, 0.6) is 0 Å². The number of unbranched alkanes of at least 4 members (excludes halogenated alkanes) is 1. The second-order valence-electron chi connectivity index (χ2n) is 6.08. The summed E-state index contributed by atoms with van der Waals surface area (Å²) in [5, 5.41) is 4.16. The number of carbonyl (C=O) groups is 1. The van der Waals surface area contributed by atoms with Gasteiger partial charge < -0.3 is 5.32 Å². The summed E-state index contributed by atoms with van der Waals surface area (Å²) in [6.07, 6.45) is 3.49. The van der Waals surface area contributed by atoms with Gasteiger partial charge in [0.2, 0.25) is 5.91 Å². The molecule has 1 aromatic carbocycles. The van der Waals surface area contributed by atoms with Crippen molar-refractivity contribution >= 4 is 27.5 Å². The SMILES string of the molecule is CC(C)(C)NC(=O)CCCCc1nc2ccccc2s1. The normalized spacial score (nSPS) is 11.8. The van der Waals surface area contributed by atoms with Crippen LogP contribution in [0.1, 0.15) is 45.0 Å². The number of hydrogen-bond donors (Lipinski definition) is 1. The van der Waals surface area contributed by atoms with Gasteiger partial charge in [0, 0.05) is 12.0 Å². The summed E-state index contributed by atoms with van der Waals surface area (Å²) in [5.41, 5.74) is 0.947. The van der Waals surface area contributed by atoms with E-state index >= 15 is 0 Å². The third-order valence-electron chi connectivity index (χ3n) is 2.90. The van der Waals surface area contributed by atoms with Gasteiger partial charge in [0.1, 0.15) is 0 Å². The molecular formula is C16H22N2OS. The molecule has 0 aliphatic heterocycles. The molecule has 20 heavy (non-hydrogen) atoms. The van der Waals surface area contributed by atoms with Crippen molar-refractivity contribution in [1.82, 2.24) is 10.3 Å². The Morgan fingerprint density at radius 3 is 2.70 bits per heavy atom. The van der Waals surface area contributed by atoms with Crippen LogP contribution in [0.15, 0.2) is 24.3 Å². The zero-order valence-corrected chi connectivity index (χ0v) is 13.2. The smallest absolute Gasteiger partial charge is 0.220 e. The molecule has 1 amide bonds. The first-order valence-electron chi connectivity index (χ1n) is 7.09. The van der Waals surface area contributed by atoms with Crippen LogP contribution in [0.25, 0.3) is 10.2 Å². The quantitative estimate of drug-likeness (QED) is 0.848. The molecule has 0 aliphatic carbocycles. The van der Waals surface area contributed by atoms with E-state index in [4.69, 9.17) is 0 Å². The predicted octanol–water partition coefficient (Wildman–Crippen LogP) is 3.92. The molecule has 1 N–H and O–H groups in total. The lowest BCUT2D eigenvalue weighted by Crippen LogP contribution is -2.40. The van der Waals surface area contributed by atoms with E-state index < -0.39 is 0 Å². The molecule has 0 radical (unpaired) electrons. The second kappa shape index (κ2) is 6.35. The minimum absolute atomic E-state index is 0.135. The minimum atomic E-state index is -0.135. The monoisotopic (exact) mass is 290 g/mol. The third kappa shape index (κ3) is 4.60.